The number of hydrogen-bond acceptors (Lipinski definition) is 5. The molecule has 0 heterocycles. The first-order valence-corrected chi connectivity index (χ1v) is 3.51. The third kappa shape index (κ3) is 1.32. The van der Waals surface area contributed by atoms with Gasteiger partial charge in [0, 0.05) is 0 Å². The molecule has 0 radical (unpaired) electrons. The Hall–Kier alpha value is -0.270. The summed E-state index contributed by atoms with van der Waals surface area (Å²) in [5.41, 5.74) is 0. The maximum Gasteiger partial charge on any atom is 0.157 e. The summed E-state index contributed by atoms with van der Waals surface area (Å²) >= 11 is 0. The lowest BCUT2D eigenvalue weighted by Gasteiger charge is -2.38. The van der Waals surface area contributed by atoms with Crippen LogP contribution in [0.15, 0.2) is 0 Å². The summed E-state index contributed by atoms with van der Waals surface area (Å²) in [5.74, 6) is 0. The van der Waals surface area contributed by atoms with Crippen LogP contribution in [0.1, 0.15) is 0 Å². The van der Waals surface area contributed by atoms with Crippen molar-refractivity contribution in [2.24, 2.45) is 0 Å². The molecule has 1 aliphatic rings. The van der Waals surface area contributed by atoms with E-state index in [4.69, 9.17) is 25.5 Å². The monoisotopic (exact) mass is 181 g/mol. The Kier molecular flexibility index (Phi) is 2.64. The van der Waals surface area contributed by atoms with E-state index in [9.17, 15) is 4.39 Å². The summed E-state index contributed by atoms with van der Waals surface area (Å²) in [6.07, 6.45) is -11.1. The van der Waals surface area contributed by atoms with Crippen LogP contribution in [0.5, 0.6) is 0 Å². The van der Waals surface area contributed by atoms with E-state index in [2.05, 4.69) is 0 Å². The Morgan fingerprint density at radius 2 is 0.833 bits per heavy atom. The normalized spacial score (nSPS) is 55.5. The lowest BCUT2D eigenvalue weighted by atomic mass is 9.86. The standard InChI is InChI=1S/C6H11FO5/c7-1-2(8)4(10)6(12)5(11)3(1)9/h1-6,8-12H/t1?,2-,3?,4-,5?,6?/m0/s1/i7-1. The number of alkyl halides is 1. The zero-order chi connectivity index (χ0) is 9.46. The average Bonchev–Trinajstić information content (AvgIpc) is 2.08. The molecule has 1 fully saturated rings. The van der Waals surface area contributed by atoms with E-state index < -0.39 is 36.7 Å². The zero-order valence-corrected chi connectivity index (χ0v) is 6.08. The first kappa shape index (κ1) is 9.82. The van der Waals surface area contributed by atoms with Crippen LogP contribution in [0, 0.1) is 0 Å². The van der Waals surface area contributed by atoms with Gasteiger partial charge in [-0.05, 0) is 0 Å². The molecule has 0 aromatic carbocycles. The molecule has 12 heavy (non-hydrogen) atoms. The molecule has 0 saturated heterocycles. The van der Waals surface area contributed by atoms with E-state index in [1.54, 1.807) is 0 Å². The quantitative estimate of drug-likeness (QED) is 0.277. The maximum atomic E-state index is 12.7. The SMILES string of the molecule is OC1C(O)C([18F])[C@H](O)[C@H](O)C1O. The van der Waals surface area contributed by atoms with Gasteiger partial charge >= 0.3 is 0 Å². The minimum atomic E-state index is -2.14. The summed E-state index contributed by atoms with van der Waals surface area (Å²) in [7, 11) is 0. The summed E-state index contributed by atoms with van der Waals surface area (Å²) in [6, 6.07) is 0. The molecule has 1 aliphatic carbocycles. The van der Waals surface area contributed by atoms with Crippen molar-refractivity contribution in [3.63, 3.8) is 0 Å². The third-order valence-electron chi connectivity index (χ3n) is 2.05. The second-order valence-corrected chi connectivity index (χ2v) is 2.90. The van der Waals surface area contributed by atoms with Gasteiger partial charge in [-0.25, -0.2) is 4.39 Å². The predicted molar refractivity (Wildman–Crippen MR) is 34.9 cm³/mol. The molecule has 5 nitrogen and oxygen atoms in total. The van der Waals surface area contributed by atoms with E-state index >= 15 is 0 Å². The molecule has 0 spiro atoms. The first-order chi connectivity index (χ1) is 5.46. The molecule has 5 N–H and O–H groups in total. The summed E-state index contributed by atoms with van der Waals surface area (Å²) in [5, 5.41) is 44.4. The summed E-state index contributed by atoms with van der Waals surface area (Å²) in [4.78, 5) is 0. The molecular weight excluding hydrogens is 170 g/mol. The fraction of sp³-hybridized carbons (Fsp3) is 1.00. The van der Waals surface area contributed by atoms with E-state index in [1.807, 2.05) is 0 Å². The Morgan fingerprint density at radius 3 is 1.17 bits per heavy atom. The number of hydrogen-bond donors (Lipinski definition) is 5. The van der Waals surface area contributed by atoms with Crippen molar-refractivity contribution in [3.8, 4) is 0 Å². The topological polar surface area (TPSA) is 101 Å². The van der Waals surface area contributed by atoms with Crippen LogP contribution in [0.2, 0.25) is 0 Å². The molecule has 0 bridgehead atoms. The van der Waals surface area contributed by atoms with Crippen molar-refractivity contribution in [2.45, 2.75) is 36.7 Å². The van der Waals surface area contributed by atoms with Gasteiger partial charge < -0.3 is 25.5 Å². The number of halogens is 1. The van der Waals surface area contributed by atoms with Gasteiger partial charge in [-0.3, -0.25) is 0 Å². The summed E-state index contributed by atoms with van der Waals surface area (Å²) < 4.78 is 12.7. The second kappa shape index (κ2) is 3.23. The van der Waals surface area contributed by atoms with E-state index in [0.717, 1.165) is 0 Å². The highest BCUT2D eigenvalue weighted by atomic mass is 18.2. The first-order valence-electron chi connectivity index (χ1n) is 3.51. The fourth-order valence-electron chi connectivity index (χ4n) is 1.18. The van der Waals surface area contributed by atoms with Crippen LogP contribution in [0.25, 0.3) is 0 Å². The molecular formula is C6H11FO5. The Labute approximate surface area is 67.7 Å². The predicted octanol–water partition coefficient (Wildman–Crippen LogP) is -2.86. The van der Waals surface area contributed by atoms with Crippen LogP contribution >= 0.6 is 0 Å². The van der Waals surface area contributed by atoms with Gasteiger partial charge in [0.15, 0.2) is 6.17 Å². The van der Waals surface area contributed by atoms with Crippen LogP contribution in [-0.2, 0) is 0 Å². The molecule has 6 atom stereocenters. The van der Waals surface area contributed by atoms with E-state index in [0.29, 0.717) is 0 Å². The van der Waals surface area contributed by atoms with Gasteiger partial charge in [0.1, 0.15) is 30.5 Å². The van der Waals surface area contributed by atoms with Gasteiger partial charge in [-0.15, -0.1) is 0 Å². The molecule has 1 rings (SSSR count). The van der Waals surface area contributed by atoms with E-state index in [1.165, 1.54) is 0 Å². The Morgan fingerprint density at radius 1 is 0.583 bits per heavy atom. The molecule has 0 aromatic rings. The number of aliphatic hydroxyl groups excluding tert-OH is 5. The molecule has 4 unspecified atom stereocenters. The van der Waals surface area contributed by atoms with Gasteiger partial charge in [-0.1, -0.05) is 0 Å². The van der Waals surface area contributed by atoms with Crippen molar-refractivity contribution in [3.05, 3.63) is 0 Å². The highest BCUT2D eigenvalue weighted by Crippen LogP contribution is 2.23. The smallest absolute Gasteiger partial charge is 0.157 e. The van der Waals surface area contributed by atoms with Crippen molar-refractivity contribution in [2.75, 3.05) is 0 Å². The van der Waals surface area contributed by atoms with Gasteiger partial charge in [-0.2, -0.15) is 0 Å². The van der Waals surface area contributed by atoms with Crippen molar-refractivity contribution in [1.82, 2.24) is 0 Å². The lowest BCUT2D eigenvalue weighted by Crippen LogP contribution is -2.62. The van der Waals surface area contributed by atoms with Crippen LogP contribution in [0.3, 0.4) is 0 Å². The van der Waals surface area contributed by atoms with Gasteiger partial charge in [0.25, 0.3) is 0 Å². The maximum absolute atomic E-state index is 12.7. The van der Waals surface area contributed by atoms with Crippen molar-refractivity contribution < 1.29 is 29.9 Å². The van der Waals surface area contributed by atoms with Crippen molar-refractivity contribution >= 4 is 0 Å². The second-order valence-electron chi connectivity index (χ2n) is 2.90. The zero-order valence-electron chi connectivity index (χ0n) is 6.08. The van der Waals surface area contributed by atoms with Crippen LogP contribution < -0.4 is 0 Å². The average molecular weight is 181 g/mol. The Balaban J connectivity index is 2.76. The van der Waals surface area contributed by atoms with Gasteiger partial charge in [0.05, 0.1) is 0 Å². The van der Waals surface area contributed by atoms with Gasteiger partial charge in [0.2, 0.25) is 0 Å². The molecule has 0 aromatic heterocycles. The molecule has 72 valence electrons. The minimum Gasteiger partial charge on any atom is -0.387 e. The highest BCUT2D eigenvalue weighted by Gasteiger charge is 2.48. The third-order valence-corrected chi connectivity index (χ3v) is 2.05. The Bertz CT molecular complexity index is 107. The fourth-order valence-corrected chi connectivity index (χ4v) is 1.18. The molecule has 0 aliphatic heterocycles. The van der Waals surface area contributed by atoms with Crippen LogP contribution in [0.4, 0.5) is 4.39 Å². The molecule has 6 heteroatoms. The molecule has 1 saturated carbocycles. The lowest BCUT2D eigenvalue weighted by molar-refractivity contribution is -0.206. The van der Waals surface area contributed by atoms with Crippen molar-refractivity contribution in [1.29, 1.82) is 0 Å². The number of rotatable bonds is 0. The largest absolute Gasteiger partial charge is 0.387 e. The minimum absolute atomic E-state index is 1.72. The summed E-state index contributed by atoms with van der Waals surface area (Å²) in [6.45, 7) is 0. The number of aliphatic hydroxyl groups is 5. The highest BCUT2D eigenvalue weighted by molar-refractivity contribution is 4.98. The van der Waals surface area contributed by atoms with E-state index in [-0.39, 0.29) is 0 Å². The van der Waals surface area contributed by atoms with Crippen LogP contribution in [-0.4, -0.2) is 62.2 Å². The molecule has 0 amide bonds.